The lowest BCUT2D eigenvalue weighted by Crippen LogP contribution is -2.22. The SMILES string of the molecule is CCn1cc(CNC(=O)c2cccc(Cl)c2Cl)cn1. The first-order valence-electron chi connectivity index (χ1n) is 5.85. The van der Waals surface area contributed by atoms with Crippen LogP contribution in [0.5, 0.6) is 0 Å². The highest BCUT2D eigenvalue weighted by atomic mass is 35.5. The summed E-state index contributed by atoms with van der Waals surface area (Å²) in [6.07, 6.45) is 3.61. The third kappa shape index (κ3) is 3.28. The topological polar surface area (TPSA) is 46.9 Å². The maximum absolute atomic E-state index is 12.0. The van der Waals surface area contributed by atoms with Gasteiger partial charge in [0.15, 0.2) is 0 Å². The quantitative estimate of drug-likeness (QED) is 0.942. The van der Waals surface area contributed by atoms with Crippen LogP contribution in [0.3, 0.4) is 0 Å². The average Bonchev–Trinajstić information content (AvgIpc) is 2.87. The number of aryl methyl sites for hydroxylation is 1. The Morgan fingerprint density at radius 2 is 2.21 bits per heavy atom. The molecule has 1 heterocycles. The Balaban J connectivity index is 2.03. The van der Waals surface area contributed by atoms with Crippen molar-refractivity contribution < 1.29 is 4.79 Å². The molecule has 6 heteroatoms. The molecular formula is C13H13Cl2N3O. The Morgan fingerprint density at radius 3 is 2.89 bits per heavy atom. The van der Waals surface area contributed by atoms with Gasteiger partial charge in [0.1, 0.15) is 0 Å². The van der Waals surface area contributed by atoms with Crippen LogP contribution in [0.15, 0.2) is 30.6 Å². The number of amides is 1. The van der Waals surface area contributed by atoms with Crippen molar-refractivity contribution in [2.24, 2.45) is 0 Å². The van der Waals surface area contributed by atoms with E-state index < -0.39 is 0 Å². The van der Waals surface area contributed by atoms with Crippen molar-refractivity contribution in [1.82, 2.24) is 15.1 Å². The summed E-state index contributed by atoms with van der Waals surface area (Å²) in [4.78, 5) is 12.0. The molecule has 1 amide bonds. The molecule has 0 aliphatic carbocycles. The van der Waals surface area contributed by atoms with Gasteiger partial charge in [-0.3, -0.25) is 9.48 Å². The summed E-state index contributed by atoms with van der Waals surface area (Å²) in [6, 6.07) is 4.98. The second-order valence-corrected chi connectivity index (χ2v) is 4.77. The smallest absolute Gasteiger partial charge is 0.253 e. The van der Waals surface area contributed by atoms with Crippen molar-refractivity contribution in [3.8, 4) is 0 Å². The summed E-state index contributed by atoms with van der Waals surface area (Å²) in [5, 5.41) is 7.56. The van der Waals surface area contributed by atoms with Crippen molar-refractivity contribution in [2.75, 3.05) is 0 Å². The number of halogens is 2. The van der Waals surface area contributed by atoms with Gasteiger partial charge in [-0.1, -0.05) is 29.3 Å². The Morgan fingerprint density at radius 1 is 1.42 bits per heavy atom. The van der Waals surface area contributed by atoms with E-state index in [0.717, 1.165) is 12.1 Å². The zero-order chi connectivity index (χ0) is 13.8. The fourth-order valence-electron chi connectivity index (χ4n) is 1.63. The molecule has 0 radical (unpaired) electrons. The molecule has 4 nitrogen and oxygen atoms in total. The van der Waals surface area contributed by atoms with Gasteiger partial charge >= 0.3 is 0 Å². The molecule has 0 saturated heterocycles. The molecular weight excluding hydrogens is 285 g/mol. The number of hydrogen-bond acceptors (Lipinski definition) is 2. The molecule has 0 spiro atoms. The number of aromatic nitrogens is 2. The number of carbonyl (C=O) groups excluding carboxylic acids is 1. The van der Waals surface area contributed by atoms with Crippen LogP contribution in [0, 0.1) is 0 Å². The predicted octanol–water partition coefficient (Wildman–Crippen LogP) is 3.14. The number of nitrogens with one attached hydrogen (secondary N) is 1. The molecule has 0 atom stereocenters. The molecule has 100 valence electrons. The monoisotopic (exact) mass is 297 g/mol. The van der Waals surface area contributed by atoms with Crippen molar-refractivity contribution >= 4 is 29.1 Å². The standard InChI is InChI=1S/C13H13Cl2N3O/c1-2-18-8-9(7-17-18)6-16-13(19)10-4-3-5-11(14)12(10)15/h3-5,7-8H,2,6H2,1H3,(H,16,19). The third-order valence-electron chi connectivity index (χ3n) is 2.66. The van der Waals surface area contributed by atoms with Gasteiger partial charge in [0.2, 0.25) is 0 Å². The molecule has 0 bridgehead atoms. The predicted molar refractivity (Wildman–Crippen MR) is 75.5 cm³/mol. The average molecular weight is 298 g/mol. The van der Waals surface area contributed by atoms with Gasteiger partial charge in [0.05, 0.1) is 21.8 Å². The fourth-order valence-corrected chi connectivity index (χ4v) is 2.01. The second-order valence-electron chi connectivity index (χ2n) is 3.99. The Kier molecular flexibility index (Phi) is 4.45. The highest BCUT2D eigenvalue weighted by Gasteiger charge is 2.12. The van der Waals surface area contributed by atoms with Crippen LogP contribution in [-0.2, 0) is 13.1 Å². The summed E-state index contributed by atoms with van der Waals surface area (Å²) >= 11 is 11.9. The lowest BCUT2D eigenvalue weighted by atomic mass is 10.2. The molecule has 0 fully saturated rings. The highest BCUT2D eigenvalue weighted by molar-refractivity contribution is 6.43. The van der Waals surface area contributed by atoms with E-state index in [-0.39, 0.29) is 10.9 Å². The minimum atomic E-state index is -0.253. The van der Waals surface area contributed by atoms with Gasteiger partial charge in [-0.25, -0.2) is 0 Å². The Labute approximate surface area is 121 Å². The number of benzene rings is 1. The van der Waals surface area contributed by atoms with Crippen LogP contribution < -0.4 is 5.32 Å². The van der Waals surface area contributed by atoms with E-state index in [2.05, 4.69) is 10.4 Å². The molecule has 0 aliphatic heterocycles. The maximum atomic E-state index is 12.0. The Hall–Kier alpha value is -1.52. The van der Waals surface area contributed by atoms with Gasteiger partial charge in [0.25, 0.3) is 5.91 Å². The Bertz CT molecular complexity index is 595. The zero-order valence-corrected chi connectivity index (χ0v) is 11.9. The minimum Gasteiger partial charge on any atom is -0.348 e. The summed E-state index contributed by atoms with van der Waals surface area (Å²) in [7, 11) is 0. The van der Waals surface area contributed by atoms with Gasteiger partial charge in [-0.05, 0) is 19.1 Å². The van der Waals surface area contributed by atoms with Crippen molar-refractivity contribution in [1.29, 1.82) is 0 Å². The fraction of sp³-hybridized carbons (Fsp3) is 0.231. The van der Waals surface area contributed by atoms with Crippen molar-refractivity contribution in [2.45, 2.75) is 20.0 Å². The molecule has 1 aromatic carbocycles. The first-order chi connectivity index (χ1) is 9.11. The molecule has 2 rings (SSSR count). The van der Waals surface area contributed by atoms with Crippen LogP contribution >= 0.6 is 23.2 Å². The van der Waals surface area contributed by atoms with Crippen molar-refractivity contribution in [3.63, 3.8) is 0 Å². The highest BCUT2D eigenvalue weighted by Crippen LogP contribution is 2.25. The molecule has 0 saturated carbocycles. The number of hydrogen-bond donors (Lipinski definition) is 1. The van der Waals surface area contributed by atoms with E-state index in [1.807, 2.05) is 13.1 Å². The van der Waals surface area contributed by atoms with Crippen LogP contribution in [0.4, 0.5) is 0 Å². The van der Waals surface area contributed by atoms with Crippen LogP contribution in [0.2, 0.25) is 10.0 Å². The molecule has 0 aliphatic rings. The van der Waals surface area contributed by atoms with E-state index in [0.29, 0.717) is 17.1 Å². The van der Waals surface area contributed by atoms with Gasteiger partial charge in [-0.15, -0.1) is 0 Å². The largest absolute Gasteiger partial charge is 0.348 e. The molecule has 2 aromatic rings. The molecule has 1 N–H and O–H groups in total. The molecule has 19 heavy (non-hydrogen) atoms. The van der Waals surface area contributed by atoms with E-state index in [1.165, 1.54) is 0 Å². The maximum Gasteiger partial charge on any atom is 0.253 e. The molecule has 0 unspecified atom stereocenters. The summed E-state index contributed by atoms with van der Waals surface area (Å²) < 4.78 is 1.80. The lowest BCUT2D eigenvalue weighted by molar-refractivity contribution is 0.0951. The summed E-state index contributed by atoms with van der Waals surface area (Å²) in [5.74, 6) is -0.253. The lowest BCUT2D eigenvalue weighted by Gasteiger charge is -2.06. The third-order valence-corrected chi connectivity index (χ3v) is 3.48. The van der Waals surface area contributed by atoms with E-state index in [9.17, 15) is 4.79 Å². The van der Waals surface area contributed by atoms with E-state index >= 15 is 0 Å². The van der Waals surface area contributed by atoms with Crippen LogP contribution in [-0.4, -0.2) is 15.7 Å². The van der Waals surface area contributed by atoms with E-state index in [4.69, 9.17) is 23.2 Å². The summed E-state index contributed by atoms with van der Waals surface area (Å²) in [6.45, 7) is 3.21. The minimum absolute atomic E-state index is 0.253. The van der Waals surface area contributed by atoms with Crippen molar-refractivity contribution in [3.05, 3.63) is 51.8 Å². The zero-order valence-electron chi connectivity index (χ0n) is 10.4. The van der Waals surface area contributed by atoms with Gasteiger partial charge in [-0.2, -0.15) is 5.10 Å². The van der Waals surface area contributed by atoms with Crippen LogP contribution in [0.25, 0.3) is 0 Å². The number of carbonyl (C=O) groups is 1. The van der Waals surface area contributed by atoms with Crippen LogP contribution in [0.1, 0.15) is 22.8 Å². The molecule has 1 aromatic heterocycles. The first kappa shape index (κ1) is 13.9. The second kappa shape index (κ2) is 6.08. The van der Waals surface area contributed by atoms with Gasteiger partial charge in [0, 0.05) is 24.8 Å². The normalized spacial score (nSPS) is 10.5. The first-order valence-corrected chi connectivity index (χ1v) is 6.61. The number of nitrogens with zero attached hydrogens (tertiary/aromatic N) is 2. The van der Waals surface area contributed by atoms with Gasteiger partial charge < -0.3 is 5.32 Å². The summed E-state index contributed by atoms with van der Waals surface area (Å²) in [5.41, 5.74) is 1.31. The number of rotatable bonds is 4. The van der Waals surface area contributed by atoms with E-state index in [1.54, 1.807) is 29.1 Å².